The van der Waals surface area contributed by atoms with Crippen LogP contribution in [0.2, 0.25) is 0 Å². The molecule has 2 aromatic rings. The molecule has 0 fully saturated rings. The molecule has 0 amide bonds. The number of hydrogen-bond acceptors (Lipinski definition) is 4. The van der Waals surface area contributed by atoms with Gasteiger partial charge in [-0.05, 0) is 43.0 Å². The minimum absolute atomic E-state index is 0.272. The number of rotatable bonds is 7. The zero-order valence-electron chi connectivity index (χ0n) is 14.7. The van der Waals surface area contributed by atoms with E-state index < -0.39 is 10.0 Å². The molecule has 1 aromatic carbocycles. The van der Waals surface area contributed by atoms with Gasteiger partial charge >= 0.3 is 0 Å². The van der Waals surface area contributed by atoms with Gasteiger partial charge in [0.15, 0.2) is 5.96 Å². The quantitative estimate of drug-likeness (QED) is 0.390. The van der Waals surface area contributed by atoms with Crippen molar-refractivity contribution in [2.75, 3.05) is 20.1 Å². The summed E-state index contributed by atoms with van der Waals surface area (Å²) in [6.45, 7) is 5.40. The number of thiophene rings is 1. The van der Waals surface area contributed by atoms with E-state index in [4.69, 9.17) is 0 Å². The lowest BCUT2D eigenvalue weighted by atomic mass is 10.2. The molecule has 0 saturated heterocycles. The summed E-state index contributed by atoms with van der Waals surface area (Å²) in [6, 6.07) is 8.86. The summed E-state index contributed by atoms with van der Waals surface area (Å²) < 4.78 is 27.0. The molecule has 1 aromatic heterocycles. The molecule has 0 aliphatic carbocycles. The summed E-state index contributed by atoms with van der Waals surface area (Å²) in [6.07, 6.45) is 0. The van der Waals surface area contributed by atoms with E-state index in [0.29, 0.717) is 19.0 Å². The Kier molecular flexibility index (Phi) is 6.98. The van der Waals surface area contributed by atoms with Gasteiger partial charge in [0.2, 0.25) is 10.0 Å². The predicted molar refractivity (Wildman–Crippen MR) is 104 cm³/mol. The highest BCUT2D eigenvalue weighted by Gasteiger charge is 2.12. The maximum Gasteiger partial charge on any atom is 0.240 e. The average Bonchev–Trinajstić information content (AvgIpc) is 2.99. The summed E-state index contributed by atoms with van der Waals surface area (Å²) in [5.41, 5.74) is 2.27. The van der Waals surface area contributed by atoms with E-state index in [1.165, 1.54) is 10.4 Å². The Balaban J connectivity index is 1.77. The lowest BCUT2D eigenvalue weighted by Gasteiger charge is -2.12. The van der Waals surface area contributed by atoms with Crippen LogP contribution >= 0.6 is 11.3 Å². The molecule has 8 heteroatoms. The number of nitrogens with one attached hydrogen (secondary N) is 3. The van der Waals surface area contributed by atoms with E-state index in [1.54, 1.807) is 42.6 Å². The van der Waals surface area contributed by atoms with Gasteiger partial charge in [-0.15, -0.1) is 11.3 Å². The second-order valence-corrected chi connectivity index (χ2v) is 8.36. The van der Waals surface area contributed by atoms with Gasteiger partial charge in [-0.3, -0.25) is 4.99 Å². The Bertz CT molecular complexity index is 811. The van der Waals surface area contributed by atoms with E-state index in [1.807, 2.05) is 6.92 Å². The van der Waals surface area contributed by atoms with Crippen LogP contribution in [0.15, 0.2) is 45.6 Å². The standard InChI is InChI=1S/C17H24N4O2S2/c1-13-4-6-15(7-5-13)25(22,23)21-10-9-19-17(18-3)20-12-16-14(2)8-11-24-16/h4-8,11,21H,9-10,12H2,1-3H3,(H2,18,19,20). The van der Waals surface area contributed by atoms with Gasteiger partial charge in [-0.1, -0.05) is 17.7 Å². The molecule has 25 heavy (non-hydrogen) atoms. The second-order valence-electron chi connectivity index (χ2n) is 5.59. The highest BCUT2D eigenvalue weighted by atomic mass is 32.2. The first kappa shape index (κ1) is 19.4. The Hall–Kier alpha value is -1.90. The Morgan fingerprint density at radius 2 is 1.80 bits per heavy atom. The lowest BCUT2D eigenvalue weighted by Crippen LogP contribution is -2.41. The first-order valence-electron chi connectivity index (χ1n) is 7.96. The lowest BCUT2D eigenvalue weighted by molar-refractivity contribution is 0.580. The number of aryl methyl sites for hydroxylation is 2. The minimum Gasteiger partial charge on any atom is -0.355 e. The van der Waals surface area contributed by atoms with Crippen molar-refractivity contribution in [3.05, 3.63) is 51.7 Å². The molecule has 0 atom stereocenters. The van der Waals surface area contributed by atoms with E-state index in [-0.39, 0.29) is 11.4 Å². The topological polar surface area (TPSA) is 82.6 Å². The van der Waals surface area contributed by atoms with E-state index in [0.717, 1.165) is 5.56 Å². The van der Waals surface area contributed by atoms with Crippen LogP contribution < -0.4 is 15.4 Å². The Labute approximate surface area is 153 Å². The molecule has 0 unspecified atom stereocenters. The zero-order chi connectivity index (χ0) is 18.3. The molecular formula is C17H24N4O2S2. The van der Waals surface area contributed by atoms with Crippen LogP contribution in [0.3, 0.4) is 0 Å². The number of aliphatic imine (C=N–C) groups is 1. The molecule has 2 rings (SSSR count). The molecular weight excluding hydrogens is 356 g/mol. The third-order valence-corrected chi connectivity index (χ3v) is 6.15. The molecule has 0 radical (unpaired) electrons. The summed E-state index contributed by atoms with van der Waals surface area (Å²) in [4.78, 5) is 5.67. The maximum atomic E-state index is 12.2. The van der Waals surface area contributed by atoms with Crippen molar-refractivity contribution in [2.24, 2.45) is 4.99 Å². The third-order valence-electron chi connectivity index (χ3n) is 3.65. The largest absolute Gasteiger partial charge is 0.355 e. The number of nitrogens with zero attached hydrogens (tertiary/aromatic N) is 1. The fourth-order valence-electron chi connectivity index (χ4n) is 2.14. The van der Waals surface area contributed by atoms with Crippen molar-refractivity contribution < 1.29 is 8.42 Å². The van der Waals surface area contributed by atoms with Crippen molar-refractivity contribution in [3.63, 3.8) is 0 Å². The van der Waals surface area contributed by atoms with E-state index >= 15 is 0 Å². The fraction of sp³-hybridized carbons (Fsp3) is 0.353. The summed E-state index contributed by atoms with van der Waals surface area (Å²) in [7, 11) is -1.80. The molecule has 0 saturated carbocycles. The average molecular weight is 381 g/mol. The van der Waals surface area contributed by atoms with Gasteiger partial charge < -0.3 is 10.6 Å². The molecule has 0 bridgehead atoms. The normalized spacial score (nSPS) is 12.2. The van der Waals surface area contributed by atoms with Crippen LogP contribution in [0.1, 0.15) is 16.0 Å². The van der Waals surface area contributed by atoms with Gasteiger partial charge in [0, 0.05) is 25.0 Å². The summed E-state index contributed by atoms with van der Waals surface area (Å²) in [5, 5.41) is 8.38. The fourth-order valence-corrected chi connectivity index (χ4v) is 4.01. The molecule has 6 nitrogen and oxygen atoms in total. The van der Waals surface area contributed by atoms with Crippen molar-refractivity contribution in [2.45, 2.75) is 25.3 Å². The highest BCUT2D eigenvalue weighted by molar-refractivity contribution is 7.89. The number of benzene rings is 1. The van der Waals surface area contributed by atoms with Gasteiger partial charge in [-0.25, -0.2) is 13.1 Å². The molecule has 0 aliphatic rings. The van der Waals surface area contributed by atoms with Crippen LogP contribution in [0.25, 0.3) is 0 Å². The Morgan fingerprint density at radius 3 is 2.40 bits per heavy atom. The molecule has 136 valence electrons. The molecule has 0 spiro atoms. The monoisotopic (exact) mass is 380 g/mol. The van der Waals surface area contributed by atoms with Gasteiger partial charge in [0.25, 0.3) is 0 Å². The first-order chi connectivity index (χ1) is 11.9. The van der Waals surface area contributed by atoms with Crippen molar-refractivity contribution in [3.8, 4) is 0 Å². The van der Waals surface area contributed by atoms with Crippen molar-refractivity contribution in [1.29, 1.82) is 0 Å². The van der Waals surface area contributed by atoms with Crippen LogP contribution in [-0.4, -0.2) is 34.5 Å². The van der Waals surface area contributed by atoms with Crippen LogP contribution in [0, 0.1) is 13.8 Å². The van der Waals surface area contributed by atoms with Gasteiger partial charge in [-0.2, -0.15) is 0 Å². The summed E-state index contributed by atoms with van der Waals surface area (Å²) in [5.74, 6) is 0.641. The molecule has 3 N–H and O–H groups in total. The second kappa shape index (κ2) is 8.98. The van der Waals surface area contributed by atoms with Crippen LogP contribution in [0.5, 0.6) is 0 Å². The van der Waals surface area contributed by atoms with E-state index in [2.05, 4.69) is 38.7 Å². The predicted octanol–water partition coefficient (Wildman–Crippen LogP) is 2.01. The van der Waals surface area contributed by atoms with E-state index in [9.17, 15) is 8.42 Å². The SMILES string of the molecule is CN=C(NCCNS(=O)(=O)c1ccc(C)cc1)NCc1sccc1C. The van der Waals surface area contributed by atoms with Gasteiger partial charge in [0.05, 0.1) is 11.4 Å². The zero-order valence-corrected chi connectivity index (χ0v) is 16.3. The van der Waals surface area contributed by atoms with Gasteiger partial charge in [0.1, 0.15) is 0 Å². The Morgan fingerprint density at radius 1 is 1.08 bits per heavy atom. The minimum atomic E-state index is -3.48. The number of sulfonamides is 1. The molecule has 0 aliphatic heterocycles. The molecule has 1 heterocycles. The first-order valence-corrected chi connectivity index (χ1v) is 10.3. The van der Waals surface area contributed by atoms with Crippen molar-refractivity contribution >= 4 is 27.3 Å². The number of guanidine groups is 1. The van der Waals surface area contributed by atoms with Crippen LogP contribution in [0.4, 0.5) is 0 Å². The van der Waals surface area contributed by atoms with Crippen LogP contribution in [-0.2, 0) is 16.6 Å². The number of hydrogen-bond donors (Lipinski definition) is 3. The third kappa shape index (κ3) is 5.84. The maximum absolute atomic E-state index is 12.2. The highest BCUT2D eigenvalue weighted by Crippen LogP contribution is 2.14. The smallest absolute Gasteiger partial charge is 0.240 e. The van der Waals surface area contributed by atoms with Crippen molar-refractivity contribution in [1.82, 2.24) is 15.4 Å². The summed E-state index contributed by atoms with van der Waals surface area (Å²) >= 11 is 1.70.